The maximum absolute atomic E-state index is 11.7. The molecule has 1 aromatic rings. The number of aromatic carboxylic acids is 1. The van der Waals surface area contributed by atoms with E-state index in [4.69, 9.17) is 9.84 Å². The van der Waals surface area contributed by atoms with Crippen LogP contribution >= 0.6 is 0 Å². The zero-order valence-corrected chi connectivity index (χ0v) is 11.9. The van der Waals surface area contributed by atoms with Crippen LogP contribution in [0.2, 0.25) is 0 Å². The van der Waals surface area contributed by atoms with Crippen molar-refractivity contribution in [1.29, 1.82) is 0 Å². The molecule has 7 nitrogen and oxygen atoms in total. The number of carbonyl (C=O) groups is 3. The number of carbonyl (C=O) groups excluding carboxylic acids is 2. The van der Waals surface area contributed by atoms with Crippen LogP contribution in [0.4, 0.5) is 5.69 Å². The Morgan fingerprint density at radius 1 is 1.24 bits per heavy atom. The van der Waals surface area contributed by atoms with E-state index in [-0.39, 0.29) is 23.8 Å². The second-order valence-electron chi connectivity index (χ2n) is 4.30. The molecular formula is C14H18N2O5. The van der Waals surface area contributed by atoms with E-state index in [0.29, 0.717) is 18.5 Å². The van der Waals surface area contributed by atoms with E-state index in [2.05, 4.69) is 10.6 Å². The maximum Gasteiger partial charge on any atom is 0.335 e. The first kappa shape index (κ1) is 16.5. The molecule has 0 radical (unpaired) electrons. The lowest BCUT2D eigenvalue weighted by Crippen LogP contribution is -2.32. The molecule has 21 heavy (non-hydrogen) atoms. The third kappa shape index (κ3) is 5.13. The highest BCUT2D eigenvalue weighted by Crippen LogP contribution is 2.25. The van der Waals surface area contributed by atoms with Gasteiger partial charge >= 0.3 is 5.97 Å². The van der Waals surface area contributed by atoms with Crippen LogP contribution in [0.25, 0.3) is 0 Å². The molecule has 0 aliphatic rings. The number of hydrogen-bond donors (Lipinski definition) is 3. The lowest BCUT2D eigenvalue weighted by molar-refractivity contribution is -0.124. The average molecular weight is 294 g/mol. The molecule has 7 heteroatoms. The highest BCUT2D eigenvalue weighted by molar-refractivity contribution is 5.97. The van der Waals surface area contributed by atoms with Gasteiger partial charge in [-0.05, 0) is 24.6 Å². The Balaban J connectivity index is 2.67. The van der Waals surface area contributed by atoms with Crippen LogP contribution in [0.3, 0.4) is 0 Å². The number of rotatable bonds is 7. The van der Waals surface area contributed by atoms with Gasteiger partial charge in [0, 0.05) is 6.42 Å². The smallest absolute Gasteiger partial charge is 0.335 e. The molecule has 0 aromatic heterocycles. The summed E-state index contributed by atoms with van der Waals surface area (Å²) in [5, 5.41) is 13.9. The Hall–Kier alpha value is -2.57. The summed E-state index contributed by atoms with van der Waals surface area (Å²) in [7, 11) is 1.37. The first-order valence-corrected chi connectivity index (χ1v) is 6.45. The SMILES string of the molecule is CCCC(=O)NCC(=O)Nc1ccc(C(=O)O)cc1OC. The third-order valence-electron chi connectivity index (χ3n) is 2.65. The van der Waals surface area contributed by atoms with Crippen molar-refractivity contribution in [1.82, 2.24) is 5.32 Å². The van der Waals surface area contributed by atoms with Crippen LogP contribution in [-0.4, -0.2) is 36.5 Å². The van der Waals surface area contributed by atoms with Crippen molar-refractivity contribution in [2.45, 2.75) is 19.8 Å². The zero-order valence-electron chi connectivity index (χ0n) is 11.9. The van der Waals surface area contributed by atoms with Crippen LogP contribution in [-0.2, 0) is 9.59 Å². The van der Waals surface area contributed by atoms with E-state index in [1.54, 1.807) is 0 Å². The molecule has 3 N–H and O–H groups in total. The van der Waals surface area contributed by atoms with Crippen molar-refractivity contribution in [3.63, 3.8) is 0 Å². The van der Waals surface area contributed by atoms with Crippen molar-refractivity contribution in [3.05, 3.63) is 23.8 Å². The Labute approximate surface area is 122 Å². The van der Waals surface area contributed by atoms with Crippen molar-refractivity contribution >= 4 is 23.5 Å². The molecule has 1 rings (SSSR count). The molecule has 1 aromatic carbocycles. The first-order chi connectivity index (χ1) is 9.97. The van der Waals surface area contributed by atoms with Gasteiger partial charge in [-0.3, -0.25) is 9.59 Å². The molecule has 114 valence electrons. The molecule has 0 unspecified atom stereocenters. The quantitative estimate of drug-likeness (QED) is 0.702. The minimum atomic E-state index is -1.09. The highest BCUT2D eigenvalue weighted by Gasteiger charge is 2.12. The number of ether oxygens (including phenoxy) is 1. The number of nitrogens with one attached hydrogen (secondary N) is 2. The Morgan fingerprint density at radius 3 is 2.52 bits per heavy atom. The van der Waals surface area contributed by atoms with E-state index >= 15 is 0 Å². The maximum atomic E-state index is 11.7. The number of carboxylic acids is 1. The summed E-state index contributed by atoms with van der Waals surface area (Å²) < 4.78 is 5.04. The zero-order chi connectivity index (χ0) is 15.8. The Bertz CT molecular complexity index is 542. The summed E-state index contributed by atoms with van der Waals surface area (Å²) in [6.07, 6.45) is 1.07. The first-order valence-electron chi connectivity index (χ1n) is 6.45. The third-order valence-corrected chi connectivity index (χ3v) is 2.65. The second kappa shape index (κ2) is 7.88. The lowest BCUT2D eigenvalue weighted by Gasteiger charge is -2.11. The van der Waals surface area contributed by atoms with Crippen LogP contribution < -0.4 is 15.4 Å². The summed E-state index contributed by atoms with van der Waals surface area (Å²) in [5.74, 6) is -1.46. The molecule has 0 saturated carbocycles. The van der Waals surface area contributed by atoms with Gasteiger partial charge in [0.1, 0.15) is 5.75 Å². The molecule has 0 aliphatic heterocycles. The van der Waals surface area contributed by atoms with Gasteiger partial charge in [-0.25, -0.2) is 4.79 Å². The van der Waals surface area contributed by atoms with Crippen LogP contribution in [0.1, 0.15) is 30.1 Å². The molecule has 2 amide bonds. The van der Waals surface area contributed by atoms with Crippen LogP contribution in [0, 0.1) is 0 Å². The molecule has 0 spiro atoms. The van der Waals surface area contributed by atoms with Crippen molar-refractivity contribution in [2.24, 2.45) is 0 Å². The van der Waals surface area contributed by atoms with Crippen molar-refractivity contribution < 1.29 is 24.2 Å². The van der Waals surface area contributed by atoms with Crippen LogP contribution in [0.15, 0.2) is 18.2 Å². The number of anilines is 1. The van der Waals surface area contributed by atoms with Gasteiger partial charge in [0.25, 0.3) is 0 Å². The van der Waals surface area contributed by atoms with Gasteiger partial charge < -0.3 is 20.5 Å². The standard InChI is InChI=1S/C14H18N2O5/c1-3-4-12(17)15-8-13(18)16-10-6-5-9(14(19)20)7-11(10)21-2/h5-7H,3-4,8H2,1-2H3,(H,15,17)(H,16,18)(H,19,20). The van der Waals surface area contributed by atoms with Gasteiger partial charge in [-0.1, -0.05) is 6.92 Å². The fourth-order valence-electron chi connectivity index (χ4n) is 1.62. The topological polar surface area (TPSA) is 105 Å². The number of hydrogen-bond acceptors (Lipinski definition) is 4. The normalized spacial score (nSPS) is 9.81. The fraction of sp³-hybridized carbons (Fsp3) is 0.357. The predicted octanol–water partition coefficient (Wildman–Crippen LogP) is 1.25. The molecule has 0 bridgehead atoms. The Morgan fingerprint density at radius 2 is 1.95 bits per heavy atom. The molecule has 0 fully saturated rings. The monoisotopic (exact) mass is 294 g/mol. The van der Waals surface area contributed by atoms with Gasteiger partial charge in [0.2, 0.25) is 11.8 Å². The molecule has 0 atom stereocenters. The highest BCUT2D eigenvalue weighted by atomic mass is 16.5. The van der Waals surface area contributed by atoms with Gasteiger partial charge in [-0.15, -0.1) is 0 Å². The van der Waals surface area contributed by atoms with E-state index in [9.17, 15) is 14.4 Å². The summed E-state index contributed by atoms with van der Waals surface area (Å²) >= 11 is 0. The average Bonchev–Trinajstić information content (AvgIpc) is 2.45. The van der Waals surface area contributed by atoms with E-state index in [1.807, 2.05) is 6.92 Å². The van der Waals surface area contributed by atoms with Crippen LogP contribution in [0.5, 0.6) is 5.75 Å². The minimum Gasteiger partial charge on any atom is -0.495 e. The second-order valence-corrected chi connectivity index (χ2v) is 4.30. The number of benzene rings is 1. The fourth-order valence-corrected chi connectivity index (χ4v) is 1.62. The number of carboxylic acid groups (broad SMARTS) is 1. The minimum absolute atomic E-state index is 0.0566. The summed E-state index contributed by atoms with van der Waals surface area (Å²) in [4.78, 5) is 33.8. The molecular weight excluding hydrogens is 276 g/mol. The molecule has 0 heterocycles. The van der Waals surface area contributed by atoms with Crippen molar-refractivity contribution in [2.75, 3.05) is 19.0 Å². The van der Waals surface area contributed by atoms with Gasteiger partial charge in [0.15, 0.2) is 0 Å². The predicted molar refractivity (Wildman–Crippen MR) is 76.5 cm³/mol. The Kier molecular flexibility index (Phi) is 6.19. The summed E-state index contributed by atoms with van der Waals surface area (Å²) in [6.45, 7) is 1.72. The van der Waals surface area contributed by atoms with Gasteiger partial charge in [0.05, 0.1) is 24.9 Å². The van der Waals surface area contributed by atoms with Gasteiger partial charge in [-0.2, -0.15) is 0 Å². The molecule has 0 saturated heterocycles. The molecule has 0 aliphatic carbocycles. The van der Waals surface area contributed by atoms with Crippen molar-refractivity contribution in [3.8, 4) is 5.75 Å². The largest absolute Gasteiger partial charge is 0.495 e. The number of amides is 2. The lowest BCUT2D eigenvalue weighted by atomic mass is 10.2. The summed E-state index contributed by atoms with van der Waals surface area (Å²) in [6, 6.07) is 4.11. The number of methoxy groups -OCH3 is 1. The van der Waals surface area contributed by atoms with E-state index in [1.165, 1.54) is 25.3 Å². The van der Waals surface area contributed by atoms with E-state index in [0.717, 1.165) is 0 Å². The summed E-state index contributed by atoms with van der Waals surface area (Å²) in [5.41, 5.74) is 0.401. The van der Waals surface area contributed by atoms with E-state index < -0.39 is 11.9 Å².